The van der Waals surface area contributed by atoms with Gasteiger partial charge in [0, 0.05) is 0 Å². The van der Waals surface area contributed by atoms with E-state index in [-0.39, 0.29) is 18.1 Å². The van der Waals surface area contributed by atoms with Crippen molar-refractivity contribution in [3.8, 4) is 5.75 Å². The Kier molecular flexibility index (Phi) is 4.76. The molecule has 0 radical (unpaired) electrons. The molecular weight excluding hydrogens is 284 g/mol. The molecule has 0 unspecified atom stereocenters. The topological polar surface area (TPSA) is 60.7 Å². The van der Waals surface area contributed by atoms with Crippen molar-refractivity contribution >= 4 is 11.7 Å². The summed E-state index contributed by atoms with van der Waals surface area (Å²) in [6.07, 6.45) is 0. The van der Waals surface area contributed by atoms with Crippen LogP contribution in [0.25, 0.3) is 0 Å². The number of esters is 1. The number of para-hydroxylation sites is 2. The molecule has 0 amide bonds. The van der Waals surface area contributed by atoms with E-state index < -0.39 is 12.6 Å². The van der Waals surface area contributed by atoms with E-state index >= 15 is 0 Å². The van der Waals surface area contributed by atoms with E-state index in [9.17, 15) is 13.6 Å². The highest BCUT2D eigenvalue weighted by molar-refractivity contribution is 5.86. The molecule has 0 bridgehead atoms. The van der Waals surface area contributed by atoms with Crippen molar-refractivity contribution in [1.82, 2.24) is 0 Å². The van der Waals surface area contributed by atoms with Gasteiger partial charge in [-0.05, 0) is 24.3 Å². The standard InChI is InChI=1S/C14H13F2NO4/c1-19-13(18)12-7-6-9(20-12)8-17-10-4-2-3-5-11(10)21-14(15)16/h2-7,14,17H,8H2,1H3. The zero-order valence-corrected chi connectivity index (χ0v) is 11.1. The van der Waals surface area contributed by atoms with Gasteiger partial charge in [-0.2, -0.15) is 8.78 Å². The Bertz CT molecular complexity index is 613. The molecule has 1 aromatic carbocycles. The van der Waals surface area contributed by atoms with Crippen LogP contribution in [0.1, 0.15) is 16.3 Å². The molecular formula is C14H13F2NO4. The van der Waals surface area contributed by atoms with Crippen LogP contribution in [0.2, 0.25) is 0 Å². The van der Waals surface area contributed by atoms with Gasteiger partial charge < -0.3 is 19.2 Å². The SMILES string of the molecule is COC(=O)c1ccc(CNc2ccccc2OC(F)F)o1. The number of carbonyl (C=O) groups excluding carboxylic acids is 1. The van der Waals surface area contributed by atoms with Crippen LogP contribution in [0, 0.1) is 0 Å². The summed E-state index contributed by atoms with van der Waals surface area (Å²) in [6.45, 7) is -2.69. The average molecular weight is 297 g/mol. The first-order valence-corrected chi connectivity index (χ1v) is 6.05. The molecule has 0 saturated heterocycles. The van der Waals surface area contributed by atoms with Gasteiger partial charge in [0.05, 0.1) is 19.3 Å². The van der Waals surface area contributed by atoms with Gasteiger partial charge in [-0.15, -0.1) is 0 Å². The maximum Gasteiger partial charge on any atom is 0.387 e. The van der Waals surface area contributed by atoms with Gasteiger partial charge in [0.1, 0.15) is 11.5 Å². The zero-order chi connectivity index (χ0) is 15.2. The number of rotatable bonds is 6. The average Bonchev–Trinajstić information content (AvgIpc) is 2.94. The predicted octanol–water partition coefficient (Wildman–Crippen LogP) is 3.28. The van der Waals surface area contributed by atoms with Crippen LogP contribution in [0.15, 0.2) is 40.8 Å². The van der Waals surface area contributed by atoms with E-state index in [4.69, 9.17) is 4.42 Å². The molecule has 1 aromatic heterocycles. The van der Waals surface area contributed by atoms with Crippen LogP contribution < -0.4 is 10.1 Å². The molecule has 112 valence electrons. The quantitative estimate of drug-likeness (QED) is 0.829. The Morgan fingerprint density at radius 3 is 2.76 bits per heavy atom. The highest BCUT2D eigenvalue weighted by Gasteiger charge is 2.12. The second kappa shape index (κ2) is 6.74. The van der Waals surface area contributed by atoms with Gasteiger partial charge >= 0.3 is 12.6 Å². The molecule has 1 N–H and O–H groups in total. The fourth-order valence-corrected chi connectivity index (χ4v) is 1.68. The minimum atomic E-state index is -2.90. The molecule has 0 fully saturated rings. The molecule has 0 atom stereocenters. The number of anilines is 1. The molecule has 0 spiro atoms. The molecule has 0 aliphatic heterocycles. The summed E-state index contributed by atoms with van der Waals surface area (Å²) in [4.78, 5) is 11.2. The Balaban J connectivity index is 2.03. The second-order valence-corrected chi connectivity index (χ2v) is 3.99. The van der Waals surface area contributed by atoms with Crippen molar-refractivity contribution in [2.45, 2.75) is 13.2 Å². The van der Waals surface area contributed by atoms with Gasteiger partial charge in [0.2, 0.25) is 5.76 Å². The largest absolute Gasteiger partial charge is 0.463 e. The minimum Gasteiger partial charge on any atom is -0.463 e. The third-order valence-corrected chi connectivity index (χ3v) is 2.60. The number of hydrogen-bond acceptors (Lipinski definition) is 5. The number of methoxy groups -OCH3 is 1. The fourth-order valence-electron chi connectivity index (χ4n) is 1.68. The number of hydrogen-bond donors (Lipinski definition) is 1. The predicted molar refractivity (Wildman–Crippen MR) is 70.4 cm³/mol. The molecule has 5 nitrogen and oxygen atoms in total. The summed E-state index contributed by atoms with van der Waals surface area (Å²) < 4.78 is 38.7. The van der Waals surface area contributed by atoms with Crippen LogP contribution in [0.5, 0.6) is 5.75 Å². The summed E-state index contributed by atoms with van der Waals surface area (Å²) in [6, 6.07) is 9.37. The Morgan fingerprint density at radius 2 is 2.05 bits per heavy atom. The first-order valence-electron chi connectivity index (χ1n) is 6.05. The third kappa shape index (κ3) is 3.95. The van der Waals surface area contributed by atoms with Crippen LogP contribution in [-0.4, -0.2) is 19.7 Å². The van der Waals surface area contributed by atoms with Gasteiger partial charge in [-0.25, -0.2) is 4.79 Å². The van der Waals surface area contributed by atoms with Crippen molar-refractivity contribution < 1.29 is 27.5 Å². The Labute approximate surface area is 119 Å². The molecule has 21 heavy (non-hydrogen) atoms. The highest BCUT2D eigenvalue weighted by atomic mass is 19.3. The van der Waals surface area contributed by atoms with Crippen molar-refractivity contribution in [1.29, 1.82) is 0 Å². The lowest BCUT2D eigenvalue weighted by Crippen LogP contribution is -2.06. The monoisotopic (exact) mass is 297 g/mol. The first-order chi connectivity index (χ1) is 10.1. The fraction of sp³-hybridized carbons (Fsp3) is 0.214. The minimum absolute atomic E-state index is 0.0345. The second-order valence-electron chi connectivity index (χ2n) is 3.99. The summed E-state index contributed by atoms with van der Waals surface area (Å²) >= 11 is 0. The number of halogens is 2. The van der Waals surface area contributed by atoms with Gasteiger partial charge in [0.25, 0.3) is 0 Å². The number of alkyl halides is 2. The molecule has 1 heterocycles. The normalized spacial score (nSPS) is 10.5. The van der Waals surface area contributed by atoms with Crippen molar-refractivity contribution in [3.63, 3.8) is 0 Å². The van der Waals surface area contributed by atoms with Gasteiger partial charge in [-0.1, -0.05) is 12.1 Å². The number of carbonyl (C=O) groups is 1. The number of furan rings is 1. The van der Waals surface area contributed by atoms with E-state index in [2.05, 4.69) is 14.8 Å². The summed E-state index contributed by atoms with van der Waals surface area (Å²) in [5, 5.41) is 2.90. The Hall–Kier alpha value is -2.57. The Morgan fingerprint density at radius 1 is 1.29 bits per heavy atom. The van der Waals surface area contributed by atoms with E-state index in [1.165, 1.54) is 19.2 Å². The molecule has 7 heteroatoms. The third-order valence-electron chi connectivity index (χ3n) is 2.60. The lowest BCUT2D eigenvalue weighted by atomic mass is 10.3. The van der Waals surface area contributed by atoms with Gasteiger partial charge in [0.15, 0.2) is 0 Å². The summed E-state index contributed by atoms with van der Waals surface area (Å²) in [5.74, 6) is -0.0106. The lowest BCUT2D eigenvalue weighted by Gasteiger charge is -2.11. The smallest absolute Gasteiger partial charge is 0.387 e. The molecule has 0 saturated carbocycles. The van der Waals surface area contributed by atoms with Crippen LogP contribution in [-0.2, 0) is 11.3 Å². The van der Waals surface area contributed by atoms with E-state index in [0.717, 1.165) is 0 Å². The van der Waals surface area contributed by atoms with Gasteiger partial charge in [-0.3, -0.25) is 0 Å². The maximum absolute atomic E-state index is 12.3. The van der Waals surface area contributed by atoms with Crippen molar-refractivity contribution in [2.24, 2.45) is 0 Å². The number of nitrogens with one attached hydrogen (secondary N) is 1. The van der Waals surface area contributed by atoms with E-state index in [0.29, 0.717) is 11.4 Å². The van der Waals surface area contributed by atoms with Crippen LogP contribution >= 0.6 is 0 Å². The summed E-state index contributed by atoms with van der Waals surface area (Å²) in [5.41, 5.74) is 0.397. The molecule has 2 aromatic rings. The maximum atomic E-state index is 12.3. The van der Waals surface area contributed by atoms with Crippen LogP contribution in [0.3, 0.4) is 0 Å². The number of ether oxygens (including phenoxy) is 2. The van der Waals surface area contributed by atoms with Crippen molar-refractivity contribution in [2.75, 3.05) is 12.4 Å². The zero-order valence-electron chi connectivity index (χ0n) is 11.1. The number of benzene rings is 1. The highest BCUT2D eigenvalue weighted by Crippen LogP contribution is 2.26. The summed E-state index contributed by atoms with van der Waals surface area (Å²) in [7, 11) is 1.25. The van der Waals surface area contributed by atoms with E-state index in [1.54, 1.807) is 24.3 Å². The molecule has 0 aliphatic rings. The van der Waals surface area contributed by atoms with Crippen molar-refractivity contribution in [3.05, 3.63) is 47.9 Å². The molecule has 0 aliphatic carbocycles. The lowest BCUT2D eigenvalue weighted by molar-refractivity contribution is -0.0493. The first kappa shape index (κ1) is 14.8. The molecule has 2 rings (SSSR count). The van der Waals surface area contributed by atoms with Crippen LogP contribution in [0.4, 0.5) is 14.5 Å². The van der Waals surface area contributed by atoms with E-state index in [1.807, 2.05) is 0 Å².